The van der Waals surface area contributed by atoms with Gasteiger partial charge in [-0.05, 0) is 24.6 Å². The highest BCUT2D eigenvalue weighted by Crippen LogP contribution is 2.31. The molecule has 1 N–H and O–H groups in total. The minimum atomic E-state index is 0.773. The van der Waals surface area contributed by atoms with Crippen LogP contribution in [-0.4, -0.2) is 16.2 Å². The van der Waals surface area contributed by atoms with Gasteiger partial charge < -0.3 is 5.32 Å². The summed E-state index contributed by atoms with van der Waals surface area (Å²) in [5.74, 6) is 0.773. The maximum absolute atomic E-state index is 4.31. The van der Waals surface area contributed by atoms with Crippen molar-refractivity contribution in [1.29, 1.82) is 0 Å². The van der Waals surface area contributed by atoms with E-state index in [-0.39, 0.29) is 0 Å². The minimum absolute atomic E-state index is 0.773. The normalized spacial score (nSPS) is 12.5. The van der Waals surface area contributed by atoms with Gasteiger partial charge in [0.05, 0.1) is 5.69 Å². The second kappa shape index (κ2) is 3.97. The molecule has 0 saturated carbocycles. The monoisotopic (exact) mass is 224 g/mol. The number of anilines is 2. The van der Waals surface area contributed by atoms with Crippen LogP contribution in [0.2, 0.25) is 0 Å². The Morgan fingerprint density at radius 3 is 3.06 bits per heavy atom. The molecular formula is C13H12N4. The van der Waals surface area contributed by atoms with Crippen molar-refractivity contribution in [2.45, 2.75) is 13.3 Å². The lowest BCUT2D eigenvalue weighted by atomic mass is 10.2. The Kier molecular flexibility index (Phi) is 2.33. The van der Waals surface area contributed by atoms with E-state index in [0.29, 0.717) is 0 Å². The van der Waals surface area contributed by atoms with Gasteiger partial charge in [0.25, 0.3) is 0 Å². The molecular weight excluding hydrogens is 212 g/mol. The molecule has 4 heteroatoms. The van der Waals surface area contributed by atoms with Gasteiger partial charge in [0.15, 0.2) is 5.82 Å². The number of nitrogens with one attached hydrogen (secondary N) is 1. The van der Waals surface area contributed by atoms with Crippen molar-refractivity contribution in [2.24, 2.45) is 4.99 Å². The van der Waals surface area contributed by atoms with Gasteiger partial charge >= 0.3 is 0 Å². The highest BCUT2D eigenvalue weighted by molar-refractivity contribution is 5.81. The third-order valence-corrected chi connectivity index (χ3v) is 2.68. The minimum Gasteiger partial charge on any atom is -0.338 e. The van der Waals surface area contributed by atoms with Gasteiger partial charge in [0, 0.05) is 18.3 Å². The van der Waals surface area contributed by atoms with E-state index in [0.717, 1.165) is 29.3 Å². The van der Waals surface area contributed by atoms with E-state index in [2.05, 4.69) is 39.3 Å². The number of rotatable bonds is 2. The molecule has 0 bridgehead atoms. The number of aliphatic imine (C=N–C) groups is 1. The van der Waals surface area contributed by atoms with Gasteiger partial charge in [-0.15, -0.1) is 0 Å². The number of fused-ring (bicyclic) bond motifs is 1. The summed E-state index contributed by atoms with van der Waals surface area (Å²) in [6.07, 6.45) is 4.23. The molecule has 17 heavy (non-hydrogen) atoms. The van der Waals surface area contributed by atoms with Crippen molar-refractivity contribution < 1.29 is 0 Å². The largest absolute Gasteiger partial charge is 0.338 e. The summed E-state index contributed by atoms with van der Waals surface area (Å²) in [6, 6.07) is 8.17. The second-order valence-electron chi connectivity index (χ2n) is 4.03. The van der Waals surface area contributed by atoms with Gasteiger partial charge in [0.1, 0.15) is 12.0 Å². The zero-order valence-corrected chi connectivity index (χ0v) is 9.51. The van der Waals surface area contributed by atoms with E-state index < -0.39 is 0 Å². The van der Waals surface area contributed by atoms with Crippen molar-refractivity contribution >= 4 is 23.4 Å². The first-order valence-corrected chi connectivity index (χ1v) is 5.53. The van der Waals surface area contributed by atoms with Gasteiger partial charge in [-0.25, -0.2) is 9.97 Å². The fourth-order valence-electron chi connectivity index (χ4n) is 1.87. The van der Waals surface area contributed by atoms with Gasteiger partial charge in [-0.2, -0.15) is 0 Å². The summed E-state index contributed by atoms with van der Waals surface area (Å²) in [7, 11) is 0. The molecule has 4 nitrogen and oxygen atoms in total. The van der Waals surface area contributed by atoms with Crippen LogP contribution < -0.4 is 5.32 Å². The lowest BCUT2D eigenvalue weighted by Gasteiger charge is -2.08. The summed E-state index contributed by atoms with van der Waals surface area (Å²) in [5.41, 5.74) is 4.07. The van der Waals surface area contributed by atoms with Gasteiger partial charge in [-0.3, -0.25) is 4.99 Å². The predicted molar refractivity (Wildman–Crippen MR) is 68.3 cm³/mol. The quantitative estimate of drug-likeness (QED) is 0.853. The molecule has 1 aromatic carbocycles. The number of aryl methyl sites for hydroxylation is 1. The Balaban J connectivity index is 1.96. The first-order valence-electron chi connectivity index (χ1n) is 5.53. The van der Waals surface area contributed by atoms with Crippen LogP contribution in [0.25, 0.3) is 0 Å². The molecule has 84 valence electrons. The molecule has 1 aromatic heterocycles. The van der Waals surface area contributed by atoms with Crippen LogP contribution >= 0.6 is 0 Å². The summed E-state index contributed by atoms with van der Waals surface area (Å²) in [6.45, 7) is 2.06. The van der Waals surface area contributed by atoms with Crippen molar-refractivity contribution in [3.05, 3.63) is 41.9 Å². The van der Waals surface area contributed by atoms with Crippen LogP contribution in [0.15, 0.2) is 35.6 Å². The number of benzene rings is 1. The summed E-state index contributed by atoms with van der Waals surface area (Å²) in [4.78, 5) is 12.7. The fourth-order valence-corrected chi connectivity index (χ4v) is 1.87. The average Bonchev–Trinajstić information content (AvgIpc) is 2.78. The number of hydrogen-bond donors (Lipinski definition) is 1. The summed E-state index contributed by atoms with van der Waals surface area (Å²) in [5, 5.41) is 3.28. The maximum atomic E-state index is 4.31. The average molecular weight is 224 g/mol. The van der Waals surface area contributed by atoms with Crippen LogP contribution in [0.1, 0.15) is 11.3 Å². The van der Waals surface area contributed by atoms with E-state index in [1.807, 2.05) is 18.3 Å². The van der Waals surface area contributed by atoms with E-state index in [1.165, 1.54) is 5.56 Å². The molecule has 1 aliphatic rings. The molecule has 0 amide bonds. The van der Waals surface area contributed by atoms with E-state index in [1.54, 1.807) is 6.33 Å². The topological polar surface area (TPSA) is 50.2 Å². The second-order valence-corrected chi connectivity index (χ2v) is 4.03. The summed E-state index contributed by atoms with van der Waals surface area (Å²) < 4.78 is 0. The van der Waals surface area contributed by atoms with Crippen LogP contribution in [0, 0.1) is 6.92 Å². The molecule has 0 spiro atoms. The Morgan fingerprint density at radius 1 is 1.24 bits per heavy atom. The van der Waals surface area contributed by atoms with Crippen LogP contribution in [0.4, 0.5) is 17.2 Å². The maximum Gasteiger partial charge on any atom is 0.160 e. The molecule has 2 heterocycles. The molecule has 0 aliphatic carbocycles. The van der Waals surface area contributed by atoms with Crippen LogP contribution in [0.5, 0.6) is 0 Å². The smallest absolute Gasteiger partial charge is 0.160 e. The van der Waals surface area contributed by atoms with Crippen LogP contribution in [0.3, 0.4) is 0 Å². The molecule has 1 aliphatic heterocycles. The molecule has 0 fully saturated rings. The van der Waals surface area contributed by atoms with Crippen molar-refractivity contribution in [3.8, 4) is 0 Å². The molecule has 0 saturated heterocycles. The number of aromatic nitrogens is 2. The van der Waals surface area contributed by atoms with E-state index in [4.69, 9.17) is 0 Å². The zero-order chi connectivity index (χ0) is 11.7. The third kappa shape index (κ3) is 1.89. The Bertz CT molecular complexity index is 590. The van der Waals surface area contributed by atoms with Crippen LogP contribution in [-0.2, 0) is 6.42 Å². The summed E-state index contributed by atoms with van der Waals surface area (Å²) >= 11 is 0. The Morgan fingerprint density at radius 2 is 2.18 bits per heavy atom. The van der Waals surface area contributed by atoms with Crippen molar-refractivity contribution in [3.63, 3.8) is 0 Å². The SMILES string of the molecule is Cc1cccc(Nc2ncnc3c2N=CC3)c1. The molecule has 0 atom stereocenters. The molecule has 0 unspecified atom stereocenters. The number of nitrogens with zero attached hydrogens (tertiary/aromatic N) is 3. The van der Waals surface area contributed by atoms with Gasteiger partial charge in [-0.1, -0.05) is 12.1 Å². The van der Waals surface area contributed by atoms with Gasteiger partial charge in [0.2, 0.25) is 0 Å². The zero-order valence-electron chi connectivity index (χ0n) is 9.51. The van der Waals surface area contributed by atoms with Crippen molar-refractivity contribution in [2.75, 3.05) is 5.32 Å². The van der Waals surface area contributed by atoms with E-state index >= 15 is 0 Å². The van der Waals surface area contributed by atoms with E-state index in [9.17, 15) is 0 Å². The fraction of sp³-hybridized carbons (Fsp3) is 0.154. The van der Waals surface area contributed by atoms with Crippen molar-refractivity contribution in [1.82, 2.24) is 9.97 Å². The Labute approximate surface area is 99.5 Å². The number of hydrogen-bond acceptors (Lipinski definition) is 4. The molecule has 2 aromatic rings. The highest BCUT2D eigenvalue weighted by atomic mass is 15.1. The lowest BCUT2D eigenvalue weighted by molar-refractivity contribution is 1.09. The molecule has 0 radical (unpaired) electrons. The third-order valence-electron chi connectivity index (χ3n) is 2.68. The standard InChI is InChI=1S/C13H12N4/c1-9-3-2-4-10(7-9)17-13-12-11(5-6-14-12)15-8-16-13/h2-4,6-8H,5H2,1H3,(H,15,16,17). The molecule has 3 rings (SSSR count). The predicted octanol–water partition coefficient (Wildman–Crippen LogP) is 2.79. The Hall–Kier alpha value is -2.23. The lowest BCUT2D eigenvalue weighted by Crippen LogP contribution is -1.96. The first-order chi connectivity index (χ1) is 8.33. The first kappa shape index (κ1) is 9.96. The highest BCUT2D eigenvalue weighted by Gasteiger charge is 2.13.